The molecule has 0 aromatic heterocycles. The van der Waals surface area contributed by atoms with Crippen LogP contribution in [-0.4, -0.2) is 61.9 Å². The lowest BCUT2D eigenvalue weighted by atomic mass is 10.0. The highest BCUT2D eigenvalue weighted by molar-refractivity contribution is 6.02. The Morgan fingerprint density at radius 2 is 1.33 bits per heavy atom. The number of benzene rings is 2. The number of methoxy groups -OCH3 is 2. The van der Waals surface area contributed by atoms with Crippen LogP contribution in [0.2, 0.25) is 0 Å². The molecule has 0 radical (unpaired) electrons. The summed E-state index contributed by atoms with van der Waals surface area (Å²) in [6.45, 7) is 6.34. The van der Waals surface area contributed by atoms with Gasteiger partial charge in [-0.3, -0.25) is 9.59 Å². The summed E-state index contributed by atoms with van der Waals surface area (Å²) in [5.74, 6) is -3.06. The number of amides is 2. The summed E-state index contributed by atoms with van der Waals surface area (Å²) < 4.78 is 34.2. The first-order valence-corrected chi connectivity index (χ1v) is 12.7. The molecular formula is C29H37NO9. The maximum Gasteiger partial charge on any atom is 0.511 e. The Kier molecular flexibility index (Phi) is 9.84. The summed E-state index contributed by atoms with van der Waals surface area (Å²) in [5.41, 5.74) is -0.950. The van der Waals surface area contributed by atoms with Crippen molar-refractivity contribution in [2.24, 2.45) is 0 Å². The molecule has 212 valence electrons. The molecule has 39 heavy (non-hydrogen) atoms. The topological polar surface area (TPSA) is 110 Å². The summed E-state index contributed by atoms with van der Waals surface area (Å²) in [5, 5.41) is 0. The first-order chi connectivity index (χ1) is 18.4. The maximum atomic E-state index is 13.5. The molecule has 0 spiro atoms. The highest BCUT2D eigenvalue weighted by Crippen LogP contribution is 2.37. The van der Waals surface area contributed by atoms with Crippen LogP contribution in [-0.2, 0) is 43.7 Å². The van der Waals surface area contributed by atoms with Gasteiger partial charge in [-0.15, -0.1) is 0 Å². The molecule has 2 atom stereocenters. The number of hydrogen-bond donors (Lipinski definition) is 0. The third-order valence-electron chi connectivity index (χ3n) is 6.48. The van der Waals surface area contributed by atoms with Gasteiger partial charge in [0.15, 0.2) is 17.7 Å². The van der Waals surface area contributed by atoms with Gasteiger partial charge in [0.2, 0.25) is 17.5 Å². The van der Waals surface area contributed by atoms with Gasteiger partial charge in [0.1, 0.15) is 6.61 Å². The molecule has 1 aliphatic rings. The van der Waals surface area contributed by atoms with E-state index in [1.807, 2.05) is 6.07 Å². The van der Waals surface area contributed by atoms with Crippen molar-refractivity contribution in [3.05, 3.63) is 71.8 Å². The SMILES string of the molecule is COC(C)(C)OC[C@@H](OC(=O)O[C@](COC(C)(C)OC)(c1ccccc1)N1C(=O)CCC1=O)c1ccccc1. The molecule has 0 bridgehead atoms. The molecule has 10 nitrogen and oxygen atoms in total. The molecule has 1 aliphatic heterocycles. The number of carbonyl (C=O) groups is 3. The second-order valence-electron chi connectivity index (χ2n) is 9.95. The van der Waals surface area contributed by atoms with Crippen LogP contribution in [0.25, 0.3) is 0 Å². The number of hydrogen-bond acceptors (Lipinski definition) is 9. The number of likely N-dealkylation sites (tertiary alicyclic amines) is 1. The Bertz CT molecular complexity index is 1100. The Balaban J connectivity index is 2.00. The van der Waals surface area contributed by atoms with Crippen LogP contribution in [0.4, 0.5) is 4.79 Å². The summed E-state index contributed by atoms with van der Waals surface area (Å²) in [7, 11) is 2.96. The van der Waals surface area contributed by atoms with Gasteiger partial charge in [-0.1, -0.05) is 60.7 Å². The van der Waals surface area contributed by atoms with Crippen LogP contribution in [0.1, 0.15) is 57.8 Å². The minimum atomic E-state index is -1.95. The number of carbonyl (C=O) groups excluding carboxylic acids is 3. The molecule has 1 heterocycles. The molecular weight excluding hydrogens is 506 g/mol. The van der Waals surface area contributed by atoms with Crippen molar-refractivity contribution in [1.29, 1.82) is 0 Å². The van der Waals surface area contributed by atoms with Gasteiger partial charge >= 0.3 is 6.16 Å². The van der Waals surface area contributed by atoms with Gasteiger partial charge in [0.05, 0.1) is 6.61 Å². The third-order valence-corrected chi connectivity index (χ3v) is 6.48. The summed E-state index contributed by atoms with van der Waals surface area (Å²) in [6.07, 6.45) is -2.06. The van der Waals surface area contributed by atoms with Crippen LogP contribution in [0.3, 0.4) is 0 Å². The second kappa shape index (κ2) is 12.7. The van der Waals surface area contributed by atoms with Gasteiger partial charge in [-0.25, -0.2) is 9.69 Å². The zero-order valence-electron chi connectivity index (χ0n) is 23.3. The molecule has 0 N–H and O–H groups in total. The van der Waals surface area contributed by atoms with E-state index < -0.39 is 48.0 Å². The maximum absolute atomic E-state index is 13.5. The molecule has 2 aromatic carbocycles. The van der Waals surface area contributed by atoms with Crippen molar-refractivity contribution in [1.82, 2.24) is 4.90 Å². The average molecular weight is 544 g/mol. The fourth-order valence-corrected chi connectivity index (χ4v) is 3.90. The molecule has 2 aromatic rings. The molecule has 0 aliphatic carbocycles. The van der Waals surface area contributed by atoms with Crippen molar-refractivity contribution in [3.8, 4) is 0 Å². The Morgan fingerprint density at radius 3 is 1.87 bits per heavy atom. The van der Waals surface area contributed by atoms with Crippen LogP contribution >= 0.6 is 0 Å². The highest BCUT2D eigenvalue weighted by atomic mass is 16.8. The van der Waals surface area contributed by atoms with Gasteiger partial charge in [0.25, 0.3) is 0 Å². The summed E-state index contributed by atoms with van der Waals surface area (Å²) >= 11 is 0. The fourth-order valence-electron chi connectivity index (χ4n) is 3.90. The van der Waals surface area contributed by atoms with Crippen molar-refractivity contribution in [3.63, 3.8) is 0 Å². The Labute approximate surface area is 229 Å². The predicted octanol–water partition coefficient (Wildman–Crippen LogP) is 4.68. The predicted molar refractivity (Wildman–Crippen MR) is 140 cm³/mol. The monoisotopic (exact) mass is 543 g/mol. The lowest BCUT2D eigenvalue weighted by molar-refractivity contribution is -0.252. The van der Waals surface area contributed by atoms with E-state index in [1.165, 1.54) is 14.2 Å². The van der Waals surface area contributed by atoms with Crippen LogP contribution in [0, 0.1) is 0 Å². The zero-order valence-corrected chi connectivity index (χ0v) is 23.3. The van der Waals surface area contributed by atoms with E-state index in [0.717, 1.165) is 4.90 Å². The number of rotatable bonds is 13. The van der Waals surface area contributed by atoms with E-state index in [9.17, 15) is 14.4 Å². The standard InChI is InChI=1S/C29H37NO9/c1-27(2,34-5)36-19-23(21-13-9-7-10-14-21)38-26(33)39-29(20-37-28(3,4)35-6,22-15-11-8-12-16-22)30-24(31)17-18-25(30)32/h7-16,23H,17-20H2,1-6H3/t23-,29-/m1/s1. The number of ether oxygens (including phenoxy) is 6. The van der Waals surface area contributed by atoms with Crippen molar-refractivity contribution in [2.45, 2.75) is 63.9 Å². The Morgan fingerprint density at radius 1 is 0.821 bits per heavy atom. The number of nitrogens with zero attached hydrogens (tertiary/aromatic N) is 1. The molecule has 0 saturated carbocycles. The van der Waals surface area contributed by atoms with Gasteiger partial charge < -0.3 is 28.4 Å². The van der Waals surface area contributed by atoms with E-state index in [4.69, 9.17) is 28.4 Å². The average Bonchev–Trinajstić information content (AvgIpc) is 3.28. The van der Waals surface area contributed by atoms with Crippen molar-refractivity contribution >= 4 is 18.0 Å². The largest absolute Gasteiger partial charge is 0.511 e. The Hall–Kier alpha value is -3.31. The molecule has 1 fully saturated rings. The van der Waals surface area contributed by atoms with Crippen molar-refractivity contribution < 1.29 is 42.8 Å². The molecule has 3 rings (SSSR count). The van der Waals surface area contributed by atoms with Gasteiger partial charge in [-0.2, -0.15) is 0 Å². The summed E-state index contributed by atoms with van der Waals surface area (Å²) in [4.78, 5) is 40.5. The van der Waals surface area contributed by atoms with E-state index >= 15 is 0 Å². The second-order valence-corrected chi connectivity index (χ2v) is 9.95. The minimum Gasteiger partial charge on any atom is -0.424 e. The molecule has 0 unspecified atom stereocenters. The van der Waals surface area contributed by atoms with Gasteiger partial charge in [0, 0.05) is 32.6 Å². The first-order valence-electron chi connectivity index (χ1n) is 12.7. The van der Waals surface area contributed by atoms with E-state index in [0.29, 0.717) is 11.1 Å². The first kappa shape index (κ1) is 30.2. The third kappa shape index (κ3) is 7.63. The van der Waals surface area contributed by atoms with Crippen molar-refractivity contribution in [2.75, 3.05) is 27.4 Å². The lowest BCUT2D eigenvalue weighted by Crippen LogP contribution is -2.56. The van der Waals surface area contributed by atoms with Crippen LogP contribution in [0.5, 0.6) is 0 Å². The highest BCUT2D eigenvalue weighted by Gasteiger charge is 2.52. The van der Waals surface area contributed by atoms with E-state index in [-0.39, 0.29) is 19.4 Å². The van der Waals surface area contributed by atoms with Crippen LogP contribution < -0.4 is 0 Å². The van der Waals surface area contributed by atoms with Gasteiger partial charge in [-0.05, 0) is 33.3 Å². The zero-order chi connectivity index (χ0) is 28.7. The fraction of sp³-hybridized carbons (Fsp3) is 0.483. The minimum absolute atomic E-state index is 0.0218. The number of imide groups is 1. The molecule has 10 heteroatoms. The molecule has 1 saturated heterocycles. The summed E-state index contributed by atoms with van der Waals surface area (Å²) in [6, 6.07) is 17.5. The van der Waals surface area contributed by atoms with E-state index in [2.05, 4.69) is 0 Å². The van der Waals surface area contributed by atoms with Crippen LogP contribution in [0.15, 0.2) is 60.7 Å². The smallest absolute Gasteiger partial charge is 0.424 e. The molecule has 2 amide bonds. The van der Waals surface area contributed by atoms with E-state index in [1.54, 1.807) is 82.3 Å². The normalized spacial score (nSPS) is 16.6. The quantitative estimate of drug-likeness (QED) is 0.202. The lowest BCUT2D eigenvalue weighted by Gasteiger charge is -2.41.